The van der Waals surface area contributed by atoms with E-state index in [0.717, 1.165) is 45.6 Å². The Kier molecular flexibility index (Phi) is 22.9. The SMILES string of the molecule is CC(/C=C(/C)[N-]c1c(C(C)C)cccc1C(C)C)=Nc1c(C(C)C)cccc1C(C)C.CC(/C=C(/C)[N-]c1c(C(C)C)cccc1C(C)C)=Nc1c(C(C)C)cccc1C(C)C.[Ca+2]. The number of para-hydroxylation sites is 4. The first kappa shape index (κ1) is 55.7. The van der Waals surface area contributed by atoms with E-state index in [0.29, 0.717) is 47.3 Å². The van der Waals surface area contributed by atoms with Gasteiger partial charge in [-0.25, -0.2) is 0 Å². The second kappa shape index (κ2) is 25.9. The van der Waals surface area contributed by atoms with Crippen molar-refractivity contribution in [2.45, 2.75) is 186 Å². The van der Waals surface area contributed by atoms with Gasteiger partial charge in [-0.2, -0.15) is 11.4 Å². The van der Waals surface area contributed by atoms with Gasteiger partial charge < -0.3 is 10.6 Å². The molecule has 0 atom stereocenters. The normalized spacial score (nSPS) is 12.9. The Bertz CT molecular complexity index is 1950. The Morgan fingerprint density at radius 3 is 0.730 bits per heavy atom. The van der Waals surface area contributed by atoms with Crippen molar-refractivity contribution in [2.24, 2.45) is 9.98 Å². The number of hydrogen-bond acceptors (Lipinski definition) is 2. The second-order valence-electron chi connectivity index (χ2n) is 19.7. The number of allylic oxidation sites excluding steroid dienone is 4. The molecule has 0 heterocycles. The van der Waals surface area contributed by atoms with Crippen LogP contribution in [0, 0.1) is 0 Å². The molecule has 0 saturated heterocycles. The Balaban J connectivity index is 0.000000427. The van der Waals surface area contributed by atoms with Crippen LogP contribution in [-0.4, -0.2) is 49.2 Å². The first-order chi connectivity index (χ1) is 29.0. The average Bonchev–Trinajstić information content (AvgIpc) is 3.17. The van der Waals surface area contributed by atoms with E-state index in [1.807, 2.05) is 0 Å². The monoisotopic (exact) mass is 875 g/mol. The molecule has 4 nitrogen and oxygen atoms in total. The van der Waals surface area contributed by atoms with Crippen LogP contribution in [0.5, 0.6) is 0 Å². The fourth-order valence-corrected chi connectivity index (χ4v) is 8.00. The van der Waals surface area contributed by atoms with Crippen LogP contribution in [-0.2, 0) is 0 Å². The second-order valence-corrected chi connectivity index (χ2v) is 19.7. The summed E-state index contributed by atoms with van der Waals surface area (Å²) >= 11 is 0. The summed E-state index contributed by atoms with van der Waals surface area (Å²) < 4.78 is 0. The molecule has 0 unspecified atom stereocenters. The molecule has 4 rings (SSSR count). The fraction of sp³-hybridized carbons (Fsp3) is 0.483. The molecule has 0 saturated carbocycles. The van der Waals surface area contributed by atoms with Crippen molar-refractivity contribution in [1.82, 2.24) is 0 Å². The van der Waals surface area contributed by atoms with E-state index < -0.39 is 0 Å². The van der Waals surface area contributed by atoms with Crippen molar-refractivity contribution >= 4 is 71.9 Å². The van der Waals surface area contributed by atoms with Crippen LogP contribution in [0.3, 0.4) is 0 Å². The van der Waals surface area contributed by atoms with Gasteiger partial charge in [0.25, 0.3) is 0 Å². The van der Waals surface area contributed by atoms with Crippen LogP contribution in [0.2, 0.25) is 0 Å². The zero-order valence-electron chi connectivity index (χ0n) is 43.2. The Hall–Kier alpha value is -3.44. The molecule has 0 bridgehead atoms. The summed E-state index contributed by atoms with van der Waals surface area (Å²) in [5.74, 6) is 3.49. The van der Waals surface area contributed by atoms with Crippen LogP contribution >= 0.6 is 0 Å². The van der Waals surface area contributed by atoms with Gasteiger partial charge in [0.05, 0.1) is 11.4 Å². The van der Waals surface area contributed by atoms with Crippen LogP contribution < -0.4 is 0 Å². The third kappa shape index (κ3) is 15.9. The Morgan fingerprint density at radius 1 is 0.349 bits per heavy atom. The molecule has 0 spiro atoms. The quantitative estimate of drug-likeness (QED) is 0.0795. The van der Waals surface area contributed by atoms with Gasteiger partial charge in [-0.15, -0.1) is 11.4 Å². The van der Waals surface area contributed by atoms with Crippen molar-refractivity contribution in [3.63, 3.8) is 0 Å². The summed E-state index contributed by atoms with van der Waals surface area (Å²) in [6.45, 7) is 44.1. The first-order valence-corrected chi connectivity index (χ1v) is 23.5. The van der Waals surface area contributed by atoms with Gasteiger partial charge in [0.15, 0.2) is 0 Å². The van der Waals surface area contributed by atoms with E-state index >= 15 is 0 Å². The molecule has 336 valence electrons. The van der Waals surface area contributed by atoms with Crippen molar-refractivity contribution in [2.75, 3.05) is 0 Å². The van der Waals surface area contributed by atoms with Crippen LogP contribution in [0.4, 0.5) is 22.7 Å². The molecule has 0 aromatic heterocycles. The molecule has 0 aliphatic heterocycles. The van der Waals surface area contributed by atoms with Crippen LogP contribution in [0.1, 0.15) is 230 Å². The predicted molar refractivity (Wildman–Crippen MR) is 283 cm³/mol. The third-order valence-electron chi connectivity index (χ3n) is 11.4. The van der Waals surface area contributed by atoms with Gasteiger partial charge in [-0.05, 0) is 83.4 Å². The van der Waals surface area contributed by atoms with Gasteiger partial charge in [0.2, 0.25) is 0 Å². The van der Waals surface area contributed by atoms with Crippen molar-refractivity contribution in [3.05, 3.63) is 151 Å². The van der Waals surface area contributed by atoms with Gasteiger partial charge >= 0.3 is 37.7 Å². The number of nitrogens with zero attached hydrogens (tertiary/aromatic N) is 4. The molecular weight excluding hydrogens is 793 g/mol. The maximum atomic E-state index is 5.08. The Morgan fingerprint density at radius 2 is 0.540 bits per heavy atom. The van der Waals surface area contributed by atoms with Gasteiger partial charge in [0.1, 0.15) is 0 Å². The molecule has 0 fully saturated rings. The van der Waals surface area contributed by atoms with Gasteiger partial charge in [-0.1, -0.05) is 232 Å². The summed E-state index contributed by atoms with van der Waals surface area (Å²) in [5, 5.41) is 10.2. The van der Waals surface area contributed by atoms with E-state index in [9.17, 15) is 0 Å². The summed E-state index contributed by atoms with van der Waals surface area (Å²) in [7, 11) is 0. The molecule has 0 radical (unpaired) electrons. The maximum Gasteiger partial charge on any atom is 2.00 e. The average molecular weight is 875 g/mol. The molecule has 0 aliphatic rings. The van der Waals surface area contributed by atoms with E-state index in [4.69, 9.17) is 20.6 Å². The molecule has 0 N–H and O–H groups in total. The Labute approximate surface area is 416 Å². The molecule has 0 amide bonds. The minimum absolute atomic E-state index is 0. The third-order valence-corrected chi connectivity index (χ3v) is 11.4. The molecular formula is C58H82CaN4. The molecule has 4 aromatic rings. The maximum absolute atomic E-state index is 5.08. The molecule has 4 aromatic carbocycles. The molecule has 63 heavy (non-hydrogen) atoms. The largest absolute Gasteiger partial charge is 2.00 e. The minimum atomic E-state index is 0. The van der Waals surface area contributed by atoms with E-state index in [-0.39, 0.29) is 37.7 Å². The topological polar surface area (TPSA) is 52.9 Å². The number of aliphatic imine (C=N–C) groups is 2. The molecule has 5 heteroatoms. The number of rotatable bonds is 16. The van der Waals surface area contributed by atoms with Gasteiger partial charge in [-0.3, -0.25) is 9.98 Å². The minimum Gasteiger partial charge on any atom is -0.661 e. The molecule has 0 aliphatic carbocycles. The van der Waals surface area contributed by atoms with E-state index in [1.165, 1.54) is 44.5 Å². The first-order valence-electron chi connectivity index (χ1n) is 23.5. The standard InChI is InChI=1S/2C29H41N2.Ca/c2*1-18(2)24-13-11-14-25(19(3)4)28(24)30-22(9)17-23(10)31-29-26(20(5)6)15-12-16-27(29)21(7)8;/h2*11-21H,1-10H3;/q2*-1;+2/b2*22-17-,31-23?;. The summed E-state index contributed by atoms with van der Waals surface area (Å²) in [4.78, 5) is 10.2. The zero-order valence-corrected chi connectivity index (χ0v) is 45.4. The van der Waals surface area contributed by atoms with Crippen LogP contribution in [0.25, 0.3) is 10.6 Å². The fourth-order valence-electron chi connectivity index (χ4n) is 8.00. The smallest absolute Gasteiger partial charge is 0.661 e. The number of hydrogen-bond donors (Lipinski definition) is 0. The summed E-state index contributed by atoms with van der Waals surface area (Å²) in [5.41, 5.74) is 18.9. The summed E-state index contributed by atoms with van der Waals surface area (Å²) in [6.07, 6.45) is 4.23. The zero-order chi connectivity index (χ0) is 46.6. The van der Waals surface area contributed by atoms with Crippen molar-refractivity contribution < 1.29 is 0 Å². The van der Waals surface area contributed by atoms with Crippen molar-refractivity contribution in [3.8, 4) is 0 Å². The number of benzene rings is 4. The van der Waals surface area contributed by atoms with Crippen LogP contribution in [0.15, 0.2) is 106 Å². The van der Waals surface area contributed by atoms with Crippen molar-refractivity contribution in [1.29, 1.82) is 0 Å². The van der Waals surface area contributed by atoms with E-state index in [2.05, 4.69) is 223 Å². The predicted octanol–water partition coefficient (Wildman–Crippen LogP) is 19.4. The summed E-state index contributed by atoms with van der Waals surface area (Å²) in [6, 6.07) is 26.3. The van der Waals surface area contributed by atoms with E-state index in [1.54, 1.807) is 0 Å². The van der Waals surface area contributed by atoms with Gasteiger partial charge in [0, 0.05) is 11.4 Å².